The summed E-state index contributed by atoms with van der Waals surface area (Å²) in [6, 6.07) is 6.22. The predicted octanol–water partition coefficient (Wildman–Crippen LogP) is 2.98. The third kappa shape index (κ3) is 4.01. The van der Waals surface area contributed by atoms with Gasteiger partial charge in [-0.3, -0.25) is 4.79 Å². The summed E-state index contributed by atoms with van der Waals surface area (Å²) in [6.07, 6.45) is 5.66. The number of carbonyl (C=O) groups is 1. The van der Waals surface area contributed by atoms with Crippen LogP contribution < -0.4 is 15.4 Å². The van der Waals surface area contributed by atoms with Crippen molar-refractivity contribution in [1.29, 1.82) is 0 Å². The molecular formula is C18H26N2O2. The van der Waals surface area contributed by atoms with Crippen LogP contribution in [0.1, 0.15) is 38.2 Å². The van der Waals surface area contributed by atoms with Gasteiger partial charge in [0.15, 0.2) is 0 Å². The van der Waals surface area contributed by atoms with Crippen molar-refractivity contribution in [1.82, 2.24) is 5.32 Å². The van der Waals surface area contributed by atoms with Crippen LogP contribution in [0.5, 0.6) is 5.75 Å². The second kappa shape index (κ2) is 7.14. The Bertz CT molecular complexity index is 520. The van der Waals surface area contributed by atoms with Crippen molar-refractivity contribution in [2.24, 2.45) is 11.8 Å². The van der Waals surface area contributed by atoms with Gasteiger partial charge >= 0.3 is 0 Å². The van der Waals surface area contributed by atoms with Crippen LogP contribution in [0.25, 0.3) is 0 Å². The summed E-state index contributed by atoms with van der Waals surface area (Å²) in [7, 11) is 0. The number of nitrogens with one attached hydrogen (secondary N) is 2. The van der Waals surface area contributed by atoms with E-state index in [0.29, 0.717) is 12.5 Å². The Morgan fingerprint density at radius 2 is 2.23 bits per heavy atom. The van der Waals surface area contributed by atoms with Crippen molar-refractivity contribution >= 4 is 11.6 Å². The lowest BCUT2D eigenvalue weighted by molar-refractivity contribution is -0.117. The van der Waals surface area contributed by atoms with E-state index in [1.54, 1.807) is 0 Å². The third-order valence-electron chi connectivity index (χ3n) is 4.48. The maximum absolute atomic E-state index is 12.0. The summed E-state index contributed by atoms with van der Waals surface area (Å²) >= 11 is 0. The van der Waals surface area contributed by atoms with Gasteiger partial charge in [-0.2, -0.15) is 0 Å². The number of ether oxygens (including phenoxy) is 1. The van der Waals surface area contributed by atoms with Gasteiger partial charge in [-0.1, -0.05) is 6.07 Å². The molecule has 1 aromatic carbocycles. The summed E-state index contributed by atoms with van der Waals surface area (Å²) in [5.41, 5.74) is 2.10. The highest BCUT2D eigenvalue weighted by Crippen LogP contribution is 2.33. The molecule has 2 fully saturated rings. The van der Waals surface area contributed by atoms with Gasteiger partial charge in [0, 0.05) is 5.92 Å². The van der Waals surface area contributed by atoms with Crippen LogP contribution in [0.2, 0.25) is 0 Å². The van der Waals surface area contributed by atoms with Crippen LogP contribution in [0.4, 0.5) is 5.69 Å². The van der Waals surface area contributed by atoms with Crippen molar-refractivity contribution < 1.29 is 9.53 Å². The zero-order valence-electron chi connectivity index (χ0n) is 13.4. The maximum Gasteiger partial charge on any atom is 0.227 e. The molecular weight excluding hydrogens is 276 g/mol. The van der Waals surface area contributed by atoms with Crippen molar-refractivity contribution in [2.75, 3.05) is 25.0 Å². The van der Waals surface area contributed by atoms with E-state index in [1.807, 2.05) is 13.0 Å². The van der Waals surface area contributed by atoms with Gasteiger partial charge in [0.05, 0.1) is 12.3 Å². The van der Waals surface area contributed by atoms with Gasteiger partial charge in [0.25, 0.3) is 0 Å². The first kappa shape index (κ1) is 15.3. The van der Waals surface area contributed by atoms with Gasteiger partial charge in [-0.15, -0.1) is 0 Å². The van der Waals surface area contributed by atoms with Crippen molar-refractivity contribution in [3.63, 3.8) is 0 Å². The zero-order chi connectivity index (χ0) is 15.4. The minimum atomic E-state index is 0.130. The van der Waals surface area contributed by atoms with E-state index in [9.17, 15) is 4.79 Å². The van der Waals surface area contributed by atoms with Crippen LogP contribution in [-0.4, -0.2) is 25.6 Å². The predicted molar refractivity (Wildman–Crippen MR) is 88.3 cm³/mol. The van der Waals surface area contributed by atoms with E-state index < -0.39 is 0 Å². The van der Waals surface area contributed by atoms with Crippen LogP contribution in [-0.2, 0) is 11.2 Å². The van der Waals surface area contributed by atoms with Gasteiger partial charge in [0.2, 0.25) is 5.91 Å². The lowest BCUT2D eigenvalue weighted by Gasteiger charge is -2.23. The molecule has 1 aromatic rings. The second-order valence-corrected chi connectivity index (χ2v) is 6.44. The van der Waals surface area contributed by atoms with E-state index in [2.05, 4.69) is 22.8 Å². The van der Waals surface area contributed by atoms with Gasteiger partial charge in [-0.25, -0.2) is 0 Å². The molecule has 1 saturated carbocycles. The summed E-state index contributed by atoms with van der Waals surface area (Å²) in [6.45, 7) is 4.84. The van der Waals surface area contributed by atoms with Crippen LogP contribution >= 0.6 is 0 Å². The molecule has 1 atom stereocenters. The normalized spacial score (nSPS) is 21.4. The Balaban J connectivity index is 1.69. The lowest BCUT2D eigenvalue weighted by atomic mass is 9.92. The highest BCUT2D eigenvalue weighted by molar-refractivity contribution is 5.95. The molecule has 2 aliphatic rings. The molecule has 2 N–H and O–H groups in total. The number of hydrogen-bond acceptors (Lipinski definition) is 3. The molecule has 1 saturated heterocycles. The monoisotopic (exact) mass is 302 g/mol. The average molecular weight is 302 g/mol. The third-order valence-corrected chi connectivity index (χ3v) is 4.48. The summed E-state index contributed by atoms with van der Waals surface area (Å²) in [5, 5.41) is 6.48. The number of anilines is 1. The number of amides is 1. The van der Waals surface area contributed by atoms with Gasteiger partial charge < -0.3 is 15.4 Å². The molecule has 22 heavy (non-hydrogen) atoms. The van der Waals surface area contributed by atoms with Crippen molar-refractivity contribution in [2.45, 2.75) is 39.0 Å². The topological polar surface area (TPSA) is 50.4 Å². The quantitative estimate of drug-likeness (QED) is 0.849. The fraction of sp³-hybridized carbons (Fsp3) is 0.611. The van der Waals surface area contributed by atoms with E-state index >= 15 is 0 Å². The smallest absolute Gasteiger partial charge is 0.227 e. The molecule has 0 radical (unpaired) electrons. The number of hydrogen-bond donors (Lipinski definition) is 2. The van der Waals surface area contributed by atoms with E-state index in [-0.39, 0.29) is 11.8 Å². The van der Waals surface area contributed by atoms with Crippen LogP contribution in [0.3, 0.4) is 0 Å². The van der Waals surface area contributed by atoms with Crippen LogP contribution in [0, 0.1) is 11.8 Å². The molecule has 0 bridgehead atoms. The standard InChI is InChI=1S/C18H26N2O2/c1-2-22-17-11-13(10-14-4-3-9-19-12-14)5-8-16(17)20-18(21)15-6-7-15/h5,8,11,14-15,19H,2-4,6-7,9-10,12H2,1H3,(H,20,21). The first-order chi connectivity index (χ1) is 10.8. The molecule has 120 valence electrons. The molecule has 4 heteroatoms. The number of benzene rings is 1. The molecule has 1 aliphatic carbocycles. The van der Waals surface area contributed by atoms with E-state index in [1.165, 1.54) is 18.4 Å². The molecule has 0 aromatic heterocycles. The van der Waals surface area contributed by atoms with Crippen LogP contribution in [0.15, 0.2) is 18.2 Å². The highest BCUT2D eigenvalue weighted by atomic mass is 16.5. The summed E-state index contributed by atoms with van der Waals surface area (Å²) < 4.78 is 5.74. The highest BCUT2D eigenvalue weighted by Gasteiger charge is 2.30. The minimum Gasteiger partial charge on any atom is -0.492 e. The summed E-state index contributed by atoms with van der Waals surface area (Å²) in [5.74, 6) is 1.85. The maximum atomic E-state index is 12.0. The minimum absolute atomic E-state index is 0.130. The molecule has 1 amide bonds. The molecule has 1 unspecified atom stereocenters. The second-order valence-electron chi connectivity index (χ2n) is 6.44. The van der Waals surface area contributed by atoms with E-state index in [0.717, 1.165) is 43.8 Å². The summed E-state index contributed by atoms with van der Waals surface area (Å²) in [4.78, 5) is 12.0. The number of piperidine rings is 1. The Morgan fingerprint density at radius 1 is 1.36 bits per heavy atom. The number of carbonyl (C=O) groups excluding carboxylic acids is 1. The molecule has 1 heterocycles. The Labute approximate surface area is 132 Å². The number of rotatable bonds is 6. The Hall–Kier alpha value is -1.55. The zero-order valence-corrected chi connectivity index (χ0v) is 13.4. The molecule has 3 rings (SSSR count). The average Bonchev–Trinajstić information content (AvgIpc) is 3.36. The van der Waals surface area contributed by atoms with Gasteiger partial charge in [0.1, 0.15) is 5.75 Å². The lowest BCUT2D eigenvalue weighted by Crippen LogP contribution is -2.30. The van der Waals surface area contributed by atoms with E-state index in [4.69, 9.17) is 4.74 Å². The SMILES string of the molecule is CCOc1cc(CC2CCCNC2)ccc1NC(=O)C1CC1. The van der Waals surface area contributed by atoms with Crippen molar-refractivity contribution in [3.8, 4) is 5.75 Å². The van der Waals surface area contributed by atoms with Crippen molar-refractivity contribution in [3.05, 3.63) is 23.8 Å². The Morgan fingerprint density at radius 3 is 2.91 bits per heavy atom. The fourth-order valence-corrected chi connectivity index (χ4v) is 3.08. The first-order valence-electron chi connectivity index (χ1n) is 8.53. The van der Waals surface area contributed by atoms with Gasteiger partial charge in [-0.05, 0) is 75.7 Å². The Kier molecular flexibility index (Phi) is 4.98. The molecule has 0 spiro atoms. The first-order valence-corrected chi connectivity index (χ1v) is 8.53. The molecule has 4 nitrogen and oxygen atoms in total. The largest absolute Gasteiger partial charge is 0.492 e. The molecule has 1 aliphatic heterocycles. The fourth-order valence-electron chi connectivity index (χ4n) is 3.08.